The molecule has 0 radical (unpaired) electrons. The van der Waals surface area contributed by atoms with Gasteiger partial charge in [-0.25, -0.2) is 5.06 Å². The van der Waals surface area contributed by atoms with Gasteiger partial charge in [0.15, 0.2) is 0 Å². The molecule has 4 aromatic rings. The van der Waals surface area contributed by atoms with Crippen LogP contribution in [0, 0.1) is 5.92 Å². The van der Waals surface area contributed by atoms with Crippen molar-refractivity contribution < 1.29 is 19.2 Å². The van der Waals surface area contributed by atoms with Crippen molar-refractivity contribution in [1.29, 1.82) is 0 Å². The first-order valence-corrected chi connectivity index (χ1v) is 13.1. The molecular weight excluding hydrogens is 478 g/mol. The largest absolute Gasteiger partial charge is 0.469 e. The van der Waals surface area contributed by atoms with E-state index in [2.05, 4.69) is 58.4 Å². The number of amides is 1. The second-order valence-electron chi connectivity index (χ2n) is 10.3. The number of hydrogen-bond acceptors (Lipinski definition) is 6. The number of hydroxylamine groups is 2. The number of piperidine rings is 1. The van der Waals surface area contributed by atoms with Gasteiger partial charge in [0, 0.05) is 37.6 Å². The van der Waals surface area contributed by atoms with E-state index in [1.807, 2.05) is 30.5 Å². The van der Waals surface area contributed by atoms with Gasteiger partial charge < -0.3 is 4.74 Å². The van der Waals surface area contributed by atoms with Crippen LogP contribution in [0.2, 0.25) is 0 Å². The van der Waals surface area contributed by atoms with Crippen molar-refractivity contribution in [2.24, 2.45) is 5.92 Å². The highest BCUT2D eigenvalue weighted by molar-refractivity contribution is 5.88. The van der Waals surface area contributed by atoms with Crippen LogP contribution in [-0.4, -0.2) is 52.6 Å². The summed E-state index contributed by atoms with van der Waals surface area (Å²) in [5, 5.41) is 4.92. The first-order valence-electron chi connectivity index (χ1n) is 13.1. The number of esters is 1. The Labute approximate surface area is 221 Å². The number of likely N-dealkylation sites (tertiary alicyclic amines) is 1. The number of hydrogen-bond donors (Lipinski definition) is 0. The first-order chi connectivity index (χ1) is 18.6. The Bertz CT molecular complexity index is 1490. The highest BCUT2D eigenvalue weighted by Gasteiger charge is 2.58. The number of aromatic nitrogens is 1. The number of fused-ring (bicyclic) bond motifs is 2. The third-order valence-electron chi connectivity index (χ3n) is 8.15. The van der Waals surface area contributed by atoms with E-state index >= 15 is 0 Å². The number of para-hydroxylation sites is 1. The first kappa shape index (κ1) is 24.5. The van der Waals surface area contributed by atoms with Crippen molar-refractivity contribution in [2.75, 3.05) is 20.2 Å². The molecule has 7 heteroatoms. The highest BCUT2D eigenvalue weighted by Crippen LogP contribution is 2.45. The van der Waals surface area contributed by atoms with Gasteiger partial charge in [-0.1, -0.05) is 60.7 Å². The molecule has 0 saturated carbocycles. The van der Waals surface area contributed by atoms with Crippen LogP contribution in [-0.2, 0) is 32.3 Å². The molecule has 3 aromatic carbocycles. The molecule has 0 bridgehead atoms. The van der Waals surface area contributed by atoms with Crippen LogP contribution in [0.3, 0.4) is 0 Å². The maximum absolute atomic E-state index is 13.2. The Kier molecular flexibility index (Phi) is 6.55. The SMILES string of the molecule is COC(=O)C1CC(=O)N(OCc2ccc3ccccc3c2)C12CCN(Cc1cccc3cccnc13)CC2. The van der Waals surface area contributed by atoms with Crippen LogP contribution in [0.5, 0.6) is 0 Å². The molecule has 1 aromatic heterocycles. The van der Waals surface area contributed by atoms with Crippen LogP contribution in [0.1, 0.15) is 30.4 Å². The van der Waals surface area contributed by atoms with Gasteiger partial charge in [0.2, 0.25) is 5.91 Å². The monoisotopic (exact) mass is 509 g/mol. The number of methoxy groups -OCH3 is 1. The summed E-state index contributed by atoms with van der Waals surface area (Å²) >= 11 is 0. The van der Waals surface area contributed by atoms with Gasteiger partial charge in [-0.05, 0) is 46.9 Å². The Morgan fingerprint density at radius 1 is 0.974 bits per heavy atom. The molecule has 2 aliphatic heterocycles. The van der Waals surface area contributed by atoms with Crippen molar-refractivity contribution in [3.05, 3.63) is 90.1 Å². The van der Waals surface area contributed by atoms with Gasteiger partial charge in [-0.2, -0.15) is 0 Å². The smallest absolute Gasteiger partial charge is 0.311 e. The molecule has 2 aliphatic rings. The average molecular weight is 510 g/mol. The van der Waals surface area contributed by atoms with Gasteiger partial charge in [-0.15, -0.1) is 0 Å². The summed E-state index contributed by atoms with van der Waals surface area (Å²) < 4.78 is 5.14. The zero-order chi connectivity index (χ0) is 26.1. The summed E-state index contributed by atoms with van der Waals surface area (Å²) in [6.45, 7) is 2.50. The molecule has 194 valence electrons. The zero-order valence-electron chi connectivity index (χ0n) is 21.5. The van der Waals surface area contributed by atoms with E-state index in [0.29, 0.717) is 12.8 Å². The number of carbonyl (C=O) groups excluding carboxylic acids is 2. The van der Waals surface area contributed by atoms with E-state index in [0.717, 1.165) is 46.9 Å². The molecular formula is C31H31N3O4. The molecule has 3 heterocycles. The van der Waals surface area contributed by atoms with E-state index in [-0.39, 0.29) is 24.9 Å². The predicted molar refractivity (Wildman–Crippen MR) is 145 cm³/mol. The van der Waals surface area contributed by atoms with E-state index in [1.54, 1.807) is 0 Å². The van der Waals surface area contributed by atoms with Gasteiger partial charge in [0.05, 0.1) is 24.1 Å². The number of carbonyl (C=O) groups is 2. The fourth-order valence-corrected chi connectivity index (χ4v) is 6.14. The van der Waals surface area contributed by atoms with Crippen molar-refractivity contribution in [3.8, 4) is 0 Å². The molecule has 7 nitrogen and oxygen atoms in total. The molecule has 1 unspecified atom stereocenters. The molecule has 38 heavy (non-hydrogen) atoms. The van der Waals surface area contributed by atoms with E-state index in [9.17, 15) is 9.59 Å². The minimum Gasteiger partial charge on any atom is -0.469 e. The summed E-state index contributed by atoms with van der Waals surface area (Å²) in [7, 11) is 1.39. The second-order valence-corrected chi connectivity index (χ2v) is 10.3. The Morgan fingerprint density at radius 3 is 2.55 bits per heavy atom. The standard InChI is InChI=1S/C31H31N3O4/c1-37-30(36)27-19-28(35)34(38-21-22-11-12-23-6-2-3-7-25(23)18-22)31(27)13-16-33(17-14-31)20-26-9-4-8-24-10-5-15-32-29(24)26/h2-12,15,18,27H,13-14,16-17,19-21H2,1H3. The number of rotatable bonds is 6. The van der Waals surface area contributed by atoms with Gasteiger partial charge in [-0.3, -0.25) is 24.3 Å². The molecule has 1 spiro atoms. The summed E-state index contributed by atoms with van der Waals surface area (Å²) in [5.74, 6) is -1.05. The summed E-state index contributed by atoms with van der Waals surface area (Å²) in [6.07, 6.45) is 3.20. The Hall–Kier alpha value is -3.81. The molecule has 0 aliphatic carbocycles. The van der Waals surface area contributed by atoms with Crippen LogP contribution in [0.25, 0.3) is 21.7 Å². The number of ether oxygens (including phenoxy) is 1. The molecule has 2 fully saturated rings. The van der Waals surface area contributed by atoms with Crippen molar-refractivity contribution in [2.45, 2.75) is 38.0 Å². The van der Waals surface area contributed by atoms with Gasteiger partial charge >= 0.3 is 5.97 Å². The maximum atomic E-state index is 13.2. The summed E-state index contributed by atoms with van der Waals surface area (Å²) in [4.78, 5) is 39.2. The third kappa shape index (κ3) is 4.42. The minimum absolute atomic E-state index is 0.109. The predicted octanol–water partition coefficient (Wildman–Crippen LogP) is 4.88. The van der Waals surface area contributed by atoms with Crippen LogP contribution in [0.4, 0.5) is 0 Å². The lowest BCUT2D eigenvalue weighted by atomic mass is 9.77. The lowest BCUT2D eigenvalue weighted by Gasteiger charge is -2.45. The van der Waals surface area contributed by atoms with Crippen molar-refractivity contribution >= 4 is 33.6 Å². The molecule has 6 rings (SSSR count). The zero-order valence-corrected chi connectivity index (χ0v) is 21.5. The average Bonchev–Trinajstić information content (AvgIpc) is 3.23. The fourth-order valence-electron chi connectivity index (χ4n) is 6.14. The highest BCUT2D eigenvalue weighted by atomic mass is 16.7. The Balaban J connectivity index is 1.21. The minimum atomic E-state index is -0.714. The molecule has 1 atom stereocenters. The van der Waals surface area contributed by atoms with Gasteiger partial charge in [0.1, 0.15) is 6.61 Å². The normalized spacial score (nSPS) is 19.4. The lowest BCUT2D eigenvalue weighted by Crippen LogP contribution is -2.57. The van der Waals surface area contributed by atoms with Crippen molar-refractivity contribution in [3.63, 3.8) is 0 Å². The van der Waals surface area contributed by atoms with E-state index in [4.69, 9.17) is 9.57 Å². The number of benzene rings is 3. The maximum Gasteiger partial charge on any atom is 0.311 e. The van der Waals surface area contributed by atoms with Crippen molar-refractivity contribution in [1.82, 2.24) is 14.9 Å². The quantitative estimate of drug-likeness (QED) is 0.345. The molecule has 2 saturated heterocycles. The lowest BCUT2D eigenvalue weighted by molar-refractivity contribution is -0.229. The molecule has 0 N–H and O–H groups in total. The van der Waals surface area contributed by atoms with E-state index < -0.39 is 11.5 Å². The molecule has 1 amide bonds. The third-order valence-corrected chi connectivity index (χ3v) is 8.15. The summed E-state index contributed by atoms with van der Waals surface area (Å²) in [6, 6.07) is 24.6. The van der Waals surface area contributed by atoms with Crippen LogP contribution >= 0.6 is 0 Å². The van der Waals surface area contributed by atoms with Crippen LogP contribution in [0.15, 0.2) is 79.0 Å². The van der Waals surface area contributed by atoms with Gasteiger partial charge in [0.25, 0.3) is 0 Å². The second kappa shape index (κ2) is 10.2. The van der Waals surface area contributed by atoms with Crippen LogP contribution < -0.4 is 0 Å². The Morgan fingerprint density at radius 2 is 1.74 bits per heavy atom. The summed E-state index contributed by atoms with van der Waals surface area (Å²) in [5.41, 5.74) is 2.46. The number of pyridine rings is 1. The number of nitrogens with zero attached hydrogens (tertiary/aromatic N) is 3. The topological polar surface area (TPSA) is 72.0 Å². The van der Waals surface area contributed by atoms with E-state index in [1.165, 1.54) is 17.7 Å². The fraction of sp³-hybridized carbons (Fsp3) is 0.323.